The van der Waals surface area contributed by atoms with Gasteiger partial charge in [0.05, 0.1) is 29.9 Å². The van der Waals surface area contributed by atoms with E-state index in [9.17, 15) is 18.0 Å². The van der Waals surface area contributed by atoms with Crippen molar-refractivity contribution in [2.45, 2.75) is 20.4 Å². The van der Waals surface area contributed by atoms with Crippen LogP contribution in [0.3, 0.4) is 0 Å². The van der Waals surface area contributed by atoms with Crippen molar-refractivity contribution in [1.82, 2.24) is 0 Å². The quantitative estimate of drug-likeness (QED) is 0.622. The smallest absolute Gasteiger partial charge is 0.258 e. The summed E-state index contributed by atoms with van der Waals surface area (Å²) in [5.41, 5.74) is 4.80. The Balaban J connectivity index is 1.61. The van der Waals surface area contributed by atoms with Crippen LogP contribution in [0.25, 0.3) is 0 Å². The fraction of sp³-hybridized carbons (Fsp3) is 0.200. The monoisotopic (exact) mass is 463 g/mol. The minimum atomic E-state index is -3.53. The molecule has 4 rings (SSSR count). The largest absolute Gasteiger partial charge is 0.323 e. The normalized spacial score (nSPS) is 13.3. The number of nitrogens with zero attached hydrogens (tertiary/aromatic N) is 2. The molecule has 7 nitrogen and oxygen atoms in total. The van der Waals surface area contributed by atoms with Gasteiger partial charge in [-0.25, -0.2) is 8.42 Å². The van der Waals surface area contributed by atoms with Gasteiger partial charge in [-0.05, 0) is 54.8 Å². The molecule has 0 radical (unpaired) electrons. The van der Waals surface area contributed by atoms with E-state index < -0.39 is 10.0 Å². The molecule has 2 amide bonds. The number of nitrogens with one attached hydrogen (secondary N) is 1. The standard InChI is InChI=1S/C25H25N3O4S/c1-17-7-6-8-18(2)24(17)28(33(3,31)32)15-19-11-13-20(14-12-19)25(30)27-16-23(29)26-21-9-4-5-10-22(21)27/h4-14H,15-16H2,1-3H3,(H,26,29). The third-order valence-corrected chi connectivity index (χ3v) is 6.74. The minimum Gasteiger partial charge on any atom is -0.323 e. The highest BCUT2D eigenvalue weighted by Crippen LogP contribution is 2.31. The van der Waals surface area contributed by atoms with Crippen LogP contribution < -0.4 is 14.5 Å². The molecule has 170 valence electrons. The highest BCUT2D eigenvalue weighted by molar-refractivity contribution is 7.92. The predicted molar refractivity (Wildman–Crippen MR) is 130 cm³/mol. The van der Waals surface area contributed by atoms with Crippen LogP contribution in [0.4, 0.5) is 17.1 Å². The molecule has 0 spiro atoms. The van der Waals surface area contributed by atoms with E-state index in [0.29, 0.717) is 22.6 Å². The summed E-state index contributed by atoms with van der Waals surface area (Å²) in [4.78, 5) is 26.7. The van der Waals surface area contributed by atoms with Crippen molar-refractivity contribution in [3.8, 4) is 0 Å². The van der Waals surface area contributed by atoms with E-state index in [2.05, 4.69) is 5.32 Å². The molecule has 1 N–H and O–H groups in total. The molecule has 0 aromatic heterocycles. The van der Waals surface area contributed by atoms with Crippen molar-refractivity contribution in [2.75, 3.05) is 27.3 Å². The topological polar surface area (TPSA) is 86.8 Å². The van der Waals surface area contributed by atoms with Crippen LogP contribution in [-0.2, 0) is 21.4 Å². The summed E-state index contributed by atoms with van der Waals surface area (Å²) in [5.74, 6) is -0.547. The fourth-order valence-corrected chi connectivity index (χ4v) is 5.05. The molecule has 0 unspecified atom stereocenters. The highest BCUT2D eigenvalue weighted by Gasteiger charge is 2.27. The molecule has 1 heterocycles. The van der Waals surface area contributed by atoms with Crippen LogP contribution in [0.2, 0.25) is 0 Å². The number of rotatable bonds is 5. The van der Waals surface area contributed by atoms with Gasteiger partial charge in [-0.1, -0.05) is 42.5 Å². The average molecular weight is 464 g/mol. The van der Waals surface area contributed by atoms with E-state index in [1.165, 1.54) is 15.5 Å². The molecule has 0 bridgehead atoms. The van der Waals surface area contributed by atoms with Crippen molar-refractivity contribution in [3.63, 3.8) is 0 Å². The first-order chi connectivity index (χ1) is 15.6. The molecule has 33 heavy (non-hydrogen) atoms. The summed E-state index contributed by atoms with van der Waals surface area (Å²) < 4.78 is 26.6. The second kappa shape index (κ2) is 8.71. The number of anilines is 3. The molecule has 0 saturated heterocycles. The van der Waals surface area contributed by atoms with Gasteiger partial charge in [0.1, 0.15) is 6.54 Å². The van der Waals surface area contributed by atoms with Crippen LogP contribution >= 0.6 is 0 Å². The van der Waals surface area contributed by atoms with Gasteiger partial charge >= 0.3 is 0 Å². The van der Waals surface area contributed by atoms with Gasteiger partial charge in [-0.3, -0.25) is 18.8 Å². The number of hydrogen-bond donors (Lipinski definition) is 1. The number of carbonyl (C=O) groups is 2. The lowest BCUT2D eigenvalue weighted by Crippen LogP contribution is -2.42. The number of aryl methyl sites for hydroxylation is 2. The second-order valence-corrected chi connectivity index (χ2v) is 10.1. The molecule has 0 atom stereocenters. The molecule has 0 aliphatic carbocycles. The van der Waals surface area contributed by atoms with Gasteiger partial charge in [-0.15, -0.1) is 0 Å². The number of carbonyl (C=O) groups excluding carboxylic acids is 2. The molecule has 0 fully saturated rings. The first-order valence-corrected chi connectivity index (χ1v) is 12.3. The van der Waals surface area contributed by atoms with Crippen molar-refractivity contribution >= 4 is 38.9 Å². The van der Waals surface area contributed by atoms with Gasteiger partial charge in [0.25, 0.3) is 5.91 Å². The molecular weight excluding hydrogens is 438 g/mol. The summed E-state index contributed by atoms with van der Waals surface area (Å²) >= 11 is 0. The predicted octanol–water partition coefficient (Wildman–Crippen LogP) is 3.87. The lowest BCUT2D eigenvalue weighted by atomic mass is 10.1. The first kappa shape index (κ1) is 22.5. The zero-order valence-corrected chi connectivity index (χ0v) is 19.5. The van der Waals surface area contributed by atoms with E-state index in [1.807, 2.05) is 38.1 Å². The van der Waals surface area contributed by atoms with E-state index in [0.717, 1.165) is 16.7 Å². The second-order valence-electron chi connectivity index (χ2n) is 8.16. The summed E-state index contributed by atoms with van der Waals surface area (Å²) in [6.07, 6.45) is 1.19. The molecule has 8 heteroatoms. The Kier molecular flexibility index (Phi) is 5.95. The van der Waals surface area contributed by atoms with Crippen LogP contribution in [0.1, 0.15) is 27.0 Å². The highest BCUT2D eigenvalue weighted by atomic mass is 32.2. The SMILES string of the molecule is Cc1cccc(C)c1N(Cc1ccc(C(=O)N2CC(=O)Nc3ccccc32)cc1)S(C)(=O)=O. The Bertz CT molecular complexity index is 1310. The van der Waals surface area contributed by atoms with E-state index in [4.69, 9.17) is 0 Å². The van der Waals surface area contributed by atoms with Crippen molar-refractivity contribution in [3.05, 3.63) is 89.0 Å². The van der Waals surface area contributed by atoms with Crippen molar-refractivity contribution in [1.29, 1.82) is 0 Å². The molecule has 0 saturated carbocycles. The van der Waals surface area contributed by atoms with Gasteiger partial charge in [-0.2, -0.15) is 0 Å². The van der Waals surface area contributed by atoms with Crippen LogP contribution in [0.5, 0.6) is 0 Å². The number of amides is 2. The molecule has 3 aromatic carbocycles. The zero-order chi connectivity index (χ0) is 23.8. The zero-order valence-electron chi connectivity index (χ0n) is 18.7. The van der Waals surface area contributed by atoms with E-state index in [-0.39, 0.29) is 24.9 Å². The third-order valence-electron chi connectivity index (χ3n) is 5.63. The van der Waals surface area contributed by atoms with Crippen LogP contribution in [0.15, 0.2) is 66.7 Å². The Labute approximate surface area is 193 Å². The van der Waals surface area contributed by atoms with Crippen LogP contribution in [0, 0.1) is 13.8 Å². The minimum absolute atomic E-state index is 0.0635. The van der Waals surface area contributed by atoms with Gasteiger partial charge in [0, 0.05) is 5.56 Å². The summed E-state index contributed by atoms with van der Waals surface area (Å²) in [5, 5.41) is 2.77. The van der Waals surface area contributed by atoms with Crippen LogP contribution in [-0.4, -0.2) is 33.0 Å². The number of hydrogen-bond acceptors (Lipinski definition) is 4. The Morgan fingerprint density at radius 3 is 2.24 bits per heavy atom. The summed E-state index contributed by atoms with van der Waals surface area (Å²) in [7, 11) is -3.53. The molecular formula is C25H25N3O4S. The van der Waals surface area contributed by atoms with Gasteiger partial charge in [0.15, 0.2) is 0 Å². The fourth-order valence-electron chi connectivity index (χ4n) is 4.05. The lowest BCUT2D eigenvalue weighted by molar-refractivity contribution is -0.115. The molecule has 1 aliphatic heterocycles. The summed E-state index contributed by atoms with van der Waals surface area (Å²) in [6, 6.07) is 19.6. The number of para-hydroxylation sites is 3. The Hall–Kier alpha value is -3.65. The van der Waals surface area contributed by atoms with E-state index in [1.54, 1.807) is 42.5 Å². The molecule has 3 aromatic rings. The van der Waals surface area contributed by atoms with E-state index >= 15 is 0 Å². The van der Waals surface area contributed by atoms with Crippen molar-refractivity contribution < 1.29 is 18.0 Å². The summed E-state index contributed by atoms with van der Waals surface area (Å²) in [6.45, 7) is 3.85. The third kappa shape index (κ3) is 4.61. The first-order valence-electron chi connectivity index (χ1n) is 10.5. The number of fused-ring (bicyclic) bond motifs is 1. The Morgan fingerprint density at radius 1 is 0.970 bits per heavy atom. The number of benzene rings is 3. The maximum Gasteiger partial charge on any atom is 0.258 e. The maximum absolute atomic E-state index is 13.2. The van der Waals surface area contributed by atoms with Gasteiger partial charge < -0.3 is 5.32 Å². The van der Waals surface area contributed by atoms with Crippen molar-refractivity contribution in [2.24, 2.45) is 0 Å². The van der Waals surface area contributed by atoms with Gasteiger partial charge in [0.2, 0.25) is 15.9 Å². The maximum atomic E-state index is 13.2. The molecule has 1 aliphatic rings. The average Bonchev–Trinajstić information content (AvgIpc) is 2.77. The Morgan fingerprint density at radius 2 is 1.61 bits per heavy atom. The lowest BCUT2D eigenvalue weighted by Gasteiger charge is -2.29. The number of sulfonamides is 1.